The van der Waals surface area contributed by atoms with Gasteiger partial charge in [0.25, 0.3) is 0 Å². The molecule has 0 spiro atoms. The van der Waals surface area contributed by atoms with E-state index in [4.69, 9.17) is 16.7 Å². The third-order valence-corrected chi connectivity index (χ3v) is 3.79. The van der Waals surface area contributed by atoms with Gasteiger partial charge in [-0.15, -0.1) is 11.6 Å². The van der Waals surface area contributed by atoms with E-state index in [1.165, 1.54) is 4.57 Å². The molecule has 7 heteroatoms. The highest BCUT2D eigenvalue weighted by molar-refractivity contribution is 6.19. The molecule has 2 aromatic rings. The van der Waals surface area contributed by atoms with Crippen molar-refractivity contribution in [2.24, 2.45) is 0 Å². The van der Waals surface area contributed by atoms with E-state index in [2.05, 4.69) is 11.8 Å². The number of fused-ring (bicyclic) bond motifs is 1. The zero-order valence-electron chi connectivity index (χ0n) is 11.7. The molecular formula is C16H10ClF2NO3. The van der Waals surface area contributed by atoms with Gasteiger partial charge in [-0.2, -0.15) is 0 Å². The smallest absolute Gasteiger partial charge is 0.341 e. The number of aromatic carboxylic acids is 1. The van der Waals surface area contributed by atoms with Gasteiger partial charge in [-0.1, -0.05) is 11.8 Å². The number of hydrogen-bond donors (Lipinski definition) is 1. The summed E-state index contributed by atoms with van der Waals surface area (Å²) in [4.78, 5) is 23.4. The van der Waals surface area contributed by atoms with Crippen molar-refractivity contribution < 1.29 is 18.7 Å². The average Bonchev–Trinajstić information content (AvgIpc) is 3.32. The molecule has 3 rings (SSSR count). The predicted molar refractivity (Wildman–Crippen MR) is 81.0 cm³/mol. The largest absolute Gasteiger partial charge is 0.477 e. The maximum absolute atomic E-state index is 14.7. The number of halogens is 3. The Morgan fingerprint density at radius 2 is 2.13 bits per heavy atom. The number of alkyl halides is 1. The van der Waals surface area contributed by atoms with E-state index < -0.39 is 34.2 Å². The van der Waals surface area contributed by atoms with Crippen molar-refractivity contribution >= 4 is 28.5 Å². The van der Waals surface area contributed by atoms with Crippen LogP contribution in [0.2, 0.25) is 0 Å². The number of carbonyl (C=O) groups is 1. The highest BCUT2D eigenvalue weighted by atomic mass is 35.5. The molecule has 0 aliphatic heterocycles. The number of carboxylic acid groups (broad SMARTS) is 1. The van der Waals surface area contributed by atoms with Crippen molar-refractivity contribution in [2.45, 2.75) is 18.9 Å². The maximum atomic E-state index is 14.7. The van der Waals surface area contributed by atoms with E-state index in [-0.39, 0.29) is 22.8 Å². The summed E-state index contributed by atoms with van der Waals surface area (Å²) in [5.74, 6) is 1.16. The van der Waals surface area contributed by atoms with Crippen molar-refractivity contribution in [3.05, 3.63) is 45.2 Å². The van der Waals surface area contributed by atoms with Gasteiger partial charge in [0.1, 0.15) is 11.4 Å². The minimum absolute atomic E-state index is 0.0930. The zero-order chi connectivity index (χ0) is 16.7. The van der Waals surface area contributed by atoms with Gasteiger partial charge in [-0.25, -0.2) is 13.6 Å². The van der Waals surface area contributed by atoms with Crippen LogP contribution in [0.5, 0.6) is 0 Å². The first-order chi connectivity index (χ1) is 11.0. The molecule has 0 bridgehead atoms. The average molecular weight is 338 g/mol. The summed E-state index contributed by atoms with van der Waals surface area (Å²) in [6.07, 6.45) is 2.58. The Hall–Kier alpha value is -2.39. The van der Waals surface area contributed by atoms with Crippen molar-refractivity contribution in [3.8, 4) is 11.8 Å². The summed E-state index contributed by atoms with van der Waals surface area (Å²) in [5, 5.41) is 8.82. The van der Waals surface area contributed by atoms with Crippen LogP contribution in [0.15, 0.2) is 17.1 Å². The van der Waals surface area contributed by atoms with Crippen LogP contribution >= 0.6 is 11.6 Å². The lowest BCUT2D eigenvalue weighted by Crippen LogP contribution is -2.20. The molecule has 0 saturated heterocycles. The molecule has 1 fully saturated rings. The second-order valence-electron chi connectivity index (χ2n) is 5.19. The molecule has 1 saturated carbocycles. The number of benzene rings is 1. The fourth-order valence-electron chi connectivity index (χ4n) is 2.47. The monoisotopic (exact) mass is 337 g/mol. The van der Waals surface area contributed by atoms with E-state index in [0.29, 0.717) is 0 Å². The van der Waals surface area contributed by atoms with Crippen LogP contribution in [0.4, 0.5) is 8.78 Å². The van der Waals surface area contributed by atoms with Gasteiger partial charge in [-0.3, -0.25) is 4.79 Å². The van der Waals surface area contributed by atoms with Crippen LogP contribution in [0.3, 0.4) is 0 Å². The molecule has 1 aliphatic carbocycles. The molecule has 1 aromatic heterocycles. The Morgan fingerprint density at radius 3 is 2.70 bits per heavy atom. The quantitative estimate of drug-likeness (QED) is 0.677. The Morgan fingerprint density at radius 1 is 1.43 bits per heavy atom. The zero-order valence-corrected chi connectivity index (χ0v) is 12.5. The van der Waals surface area contributed by atoms with Gasteiger partial charge in [0.05, 0.1) is 22.3 Å². The van der Waals surface area contributed by atoms with E-state index in [1.54, 1.807) is 0 Å². The van der Waals surface area contributed by atoms with E-state index in [1.807, 2.05) is 0 Å². The Labute approximate surface area is 134 Å². The van der Waals surface area contributed by atoms with Gasteiger partial charge in [-0.05, 0) is 18.9 Å². The predicted octanol–water partition coefficient (Wildman–Crippen LogP) is 2.90. The first kappa shape index (κ1) is 15.5. The molecule has 1 aromatic carbocycles. The van der Waals surface area contributed by atoms with Crippen LogP contribution < -0.4 is 5.43 Å². The highest BCUT2D eigenvalue weighted by Crippen LogP contribution is 2.38. The Balaban J connectivity index is 2.45. The summed E-state index contributed by atoms with van der Waals surface area (Å²) in [5.41, 5.74) is -2.03. The minimum Gasteiger partial charge on any atom is -0.477 e. The lowest BCUT2D eigenvalue weighted by atomic mass is 10.1. The topological polar surface area (TPSA) is 59.3 Å². The van der Waals surface area contributed by atoms with Crippen LogP contribution in [-0.2, 0) is 0 Å². The first-order valence-corrected chi connectivity index (χ1v) is 7.34. The summed E-state index contributed by atoms with van der Waals surface area (Å²) in [7, 11) is 0. The van der Waals surface area contributed by atoms with E-state index in [9.17, 15) is 18.4 Å². The molecule has 0 atom stereocenters. The maximum Gasteiger partial charge on any atom is 0.341 e. The fourth-order valence-corrected chi connectivity index (χ4v) is 2.54. The molecule has 23 heavy (non-hydrogen) atoms. The van der Waals surface area contributed by atoms with Crippen molar-refractivity contribution in [3.63, 3.8) is 0 Å². The molecular weight excluding hydrogens is 328 g/mol. The highest BCUT2D eigenvalue weighted by Gasteiger charge is 2.29. The van der Waals surface area contributed by atoms with Crippen LogP contribution in [0.1, 0.15) is 34.8 Å². The van der Waals surface area contributed by atoms with Crippen molar-refractivity contribution in [1.29, 1.82) is 0 Å². The summed E-state index contributed by atoms with van der Waals surface area (Å²) in [6.45, 7) is 0. The van der Waals surface area contributed by atoms with Gasteiger partial charge in [0.2, 0.25) is 5.43 Å². The molecule has 1 heterocycles. The van der Waals surface area contributed by atoms with Crippen LogP contribution in [0.25, 0.3) is 10.9 Å². The molecule has 1 N–H and O–H groups in total. The third-order valence-electron chi connectivity index (χ3n) is 3.66. The van der Waals surface area contributed by atoms with E-state index >= 15 is 0 Å². The Bertz CT molecular complexity index is 952. The fraction of sp³-hybridized carbons (Fsp3) is 0.250. The van der Waals surface area contributed by atoms with Crippen LogP contribution in [0, 0.1) is 23.5 Å². The first-order valence-electron chi connectivity index (χ1n) is 6.80. The molecule has 1 aliphatic rings. The standard InChI is InChI=1S/C16H10ClF2NO3/c17-5-1-2-9-12(18)6-10-14(13(9)19)20(8-3-4-8)7-11(15(10)21)16(22)23/h6-8H,3-5H2,(H,22,23). The van der Waals surface area contributed by atoms with Gasteiger partial charge >= 0.3 is 5.97 Å². The normalized spacial score (nSPS) is 13.7. The minimum atomic E-state index is -1.43. The van der Waals surface area contributed by atoms with Gasteiger partial charge < -0.3 is 9.67 Å². The molecule has 0 amide bonds. The van der Waals surface area contributed by atoms with Crippen molar-refractivity contribution in [2.75, 3.05) is 5.88 Å². The third kappa shape index (κ3) is 2.57. The number of rotatable bonds is 2. The number of pyridine rings is 1. The number of hydrogen-bond acceptors (Lipinski definition) is 2. The van der Waals surface area contributed by atoms with Gasteiger partial charge in [0, 0.05) is 12.2 Å². The summed E-state index contributed by atoms with van der Waals surface area (Å²) < 4.78 is 30.2. The van der Waals surface area contributed by atoms with Crippen molar-refractivity contribution in [1.82, 2.24) is 4.57 Å². The molecule has 4 nitrogen and oxygen atoms in total. The lowest BCUT2D eigenvalue weighted by Gasteiger charge is -2.13. The summed E-state index contributed by atoms with van der Waals surface area (Å²) >= 11 is 5.41. The number of aromatic nitrogens is 1. The molecule has 0 radical (unpaired) electrons. The SMILES string of the molecule is O=C(O)c1cn(C2CC2)c2c(F)c(C#CCCl)c(F)cc2c1=O. The number of nitrogens with zero attached hydrogens (tertiary/aromatic N) is 1. The molecule has 0 unspecified atom stereocenters. The van der Waals surface area contributed by atoms with Crippen LogP contribution in [-0.4, -0.2) is 21.5 Å². The van der Waals surface area contributed by atoms with Gasteiger partial charge in [0.15, 0.2) is 5.82 Å². The lowest BCUT2D eigenvalue weighted by molar-refractivity contribution is 0.0695. The Kier molecular flexibility index (Phi) is 3.82. The second kappa shape index (κ2) is 5.67. The molecule has 118 valence electrons. The second-order valence-corrected chi connectivity index (χ2v) is 5.46. The van der Waals surface area contributed by atoms with E-state index in [0.717, 1.165) is 25.1 Å². The number of carboxylic acids is 1. The summed E-state index contributed by atoms with van der Waals surface area (Å²) in [6, 6.07) is 0.731.